The van der Waals surface area contributed by atoms with Crippen molar-refractivity contribution in [3.63, 3.8) is 0 Å². The molecule has 1 aliphatic heterocycles. The van der Waals surface area contributed by atoms with E-state index >= 15 is 0 Å². The summed E-state index contributed by atoms with van der Waals surface area (Å²) in [6.07, 6.45) is 3.42. The average molecular weight is 432 g/mol. The van der Waals surface area contributed by atoms with E-state index in [9.17, 15) is 13.2 Å². The number of rotatable bonds is 7. The molecule has 0 saturated carbocycles. The van der Waals surface area contributed by atoms with Gasteiger partial charge in [0.25, 0.3) is 5.91 Å². The third kappa shape index (κ3) is 4.96. The summed E-state index contributed by atoms with van der Waals surface area (Å²) in [5, 5.41) is 0. The summed E-state index contributed by atoms with van der Waals surface area (Å²) >= 11 is 0. The molecule has 162 valence electrons. The van der Waals surface area contributed by atoms with E-state index in [1.54, 1.807) is 16.0 Å². The molecule has 30 heavy (non-hydrogen) atoms. The van der Waals surface area contributed by atoms with E-state index < -0.39 is 10.0 Å². The van der Waals surface area contributed by atoms with Crippen LogP contribution in [0.1, 0.15) is 40.9 Å². The van der Waals surface area contributed by atoms with Gasteiger partial charge in [0.1, 0.15) is 0 Å². The number of hydrogen-bond donors (Lipinski definition) is 0. The Morgan fingerprint density at radius 3 is 2.50 bits per heavy atom. The maximum Gasteiger partial charge on any atom is 0.257 e. The fraction of sp³-hybridized carbons (Fsp3) is 0.476. The molecular weight excluding hydrogens is 402 g/mol. The largest absolute Gasteiger partial charge is 0.347 e. The second-order valence-electron chi connectivity index (χ2n) is 7.77. The normalized spacial score (nSPS) is 17.1. The highest BCUT2D eigenvalue weighted by Gasteiger charge is 2.34. The van der Waals surface area contributed by atoms with Crippen LogP contribution in [0, 0.1) is 0 Å². The Bertz CT molecular complexity index is 995. The van der Waals surface area contributed by atoms with Crippen LogP contribution in [0.25, 0.3) is 0 Å². The van der Waals surface area contributed by atoms with Crippen LogP contribution in [0.3, 0.4) is 0 Å². The highest BCUT2D eigenvalue weighted by atomic mass is 32.2. The highest BCUT2D eigenvalue weighted by Crippen LogP contribution is 2.31. The molecule has 1 fully saturated rings. The van der Waals surface area contributed by atoms with Crippen molar-refractivity contribution in [1.29, 1.82) is 0 Å². The van der Waals surface area contributed by atoms with Crippen LogP contribution < -0.4 is 4.90 Å². The lowest BCUT2D eigenvalue weighted by molar-refractivity contribution is 0.0750. The van der Waals surface area contributed by atoms with Crippen molar-refractivity contribution in [2.45, 2.75) is 25.8 Å². The summed E-state index contributed by atoms with van der Waals surface area (Å²) in [4.78, 5) is 26.0. The van der Waals surface area contributed by atoms with Crippen molar-refractivity contribution in [2.24, 2.45) is 0 Å². The second kappa shape index (κ2) is 9.09. The zero-order valence-electron chi connectivity index (χ0n) is 17.9. The number of nitrogens with zero attached hydrogens (tertiary/aromatic N) is 5. The Kier molecular flexibility index (Phi) is 6.72. The van der Waals surface area contributed by atoms with Gasteiger partial charge in [0.15, 0.2) is 0 Å². The van der Waals surface area contributed by atoms with Crippen LogP contribution in [0.15, 0.2) is 36.5 Å². The number of carbonyl (C=O) groups excluding carboxylic acids is 1. The molecule has 1 atom stereocenters. The zero-order chi connectivity index (χ0) is 21.9. The molecule has 0 aliphatic carbocycles. The Labute approximate surface area is 178 Å². The summed E-state index contributed by atoms with van der Waals surface area (Å²) in [7, 11) is 0.398. The summed E-state index contributed by atoms with van der Waals surface area (Å²) in [5.41, 5.74) is 2.11. The number of benzene rings is 1. The van der Waals surface area contributed by atoms with Crippen molar-refractivity contribution in [3.05, 3.63) is 53.3 Å². The SMILES string of the molecule is CCN(Cc1ccccc1)C(=O)c1cnc(N(C)C)nc1C1CCN(S(C)(=O)=O)C1. The molecule has 1 saturated heterocycles. The standard InChI is InChI=1S/C21H29N5O3S/c1-5-25(14-16-9-7-6-8-10-16)20(27)18-13-22-21(24(2)3)23-19(18)17-11-12-26(15-17)30(4,28)29/h6-10,13,17H,5,11-12,14-15H2,1-4H3. The summed E-state index contributed by atoms with van der Waals surface area (Å²) in [6, 6.07) is 9.83. The monoisotopic (exact) mass is 431 g/mol. The lowest BCUT2D eigenvalue weighted by Gasteiger charge is -2.24. The van der Waals surface area contributed by atoms with E-state index in [-0.39, 0.29) is 11.8 Å². The minimum Gasteiger partial charge on any atom is -0.347 e. The number of sulfonamides is 1. The Balaban J connectivity index is 1.94. The minimum absolute atomic E-state index is 0.139. The van der Waals surface area contributed by atoms with Crippen LogP contribution in [0.4, 0.5) is 5.95 Å². The Hall–Kier alpha value is -2.52. The first-order chi connectivity index (χ1) is 14.2. The molecule has 0 radical (unpaired) electrons. The van der Waals surface area contributed by atoms with Gasteiger partial charge < -0.3 is 9.80 Å². The van der Waals surface area contributed by atoms with Crippen LogP contribution in [-0.4, -0.2) is 73.5 Å². The lowest BCUT2D eigenvalue weighted by atomic mass is 9.99. The molecule has 2 aromatic rings. The molecule has 0 bridgehead atoms. The predicted molar refractivity (Wildman–Crippen MR) is 117 cm³/mol. The van der Waals surface area contributed by atoms with Crippen molar-refractivity contribution in [1.82, 2.24) is 19.2 Å². The maximum atomic E-state index is 13.4. The predicted octanol–water partition coefficient (Wildman–Crippen LogP) is 1.95. The first kappa shape index (κ1) is 22.2. The number of hydrogen-bond acceptors (Lipinski definition) is 6. The van der Waals surface area contributed by atoms with Gasteiger partial charge >= 0.3 is 0 Å². The molecule has 1 aromatic carbocycles. The van der Waals surface area contributed by atoms with Crippen LogP contribution in [0.2, 0.25) is 0 Å². The van der Waals surface area contributed by atoms with Gasteiger partial charge in [-0.05, 0) is 18.9 Å². The van der Waals surface area contributed by atoms with Crippen molar-refractivity contribution >= 4 is 21.9 Å². The molecule has 1 aliphatic rings. The quantitative estimate of drug-likeness (QED) is 0.666. The number of anilines is 1. The summed E-state index contributed by atoms with van der Waals surface area (Å²) < 4.78 is 25.4. The Morgan fingerprint density at radius 1 is 1.23 bits per heavy atom. The van der Waals surface area contributed by atoms with Crippen LogP contribution >= 0.6 is 0 Å². The van der Waals surface area contributed by atoms with E-state index in [4.69, 9.17) is 0 Å². The zero-order valence-corrected chi connectivity index (χ0v) is 18.8. The fourth-order valence-corrected chi connectivity index (χ4v) is 4.52. The molecule has 0 N–H and O–H groups in total. The number of amides is 1. The van der Waals surface area contributed by atoms with Crippen molar-refractivity contribution < 1.29 is 13.2 Å². The molecule has 1 aromatic heterocycles. The van der Waals surface area contributed by atoms with Crippen LogP contribution in [-0.2, 0) is 16.6 Å². The molecule has 9 heteroatoms. The summed E-state index contributed by atoms with van der Waals surface area (Å²) in [5.74, 6) is 0.223. The molecule has 3 rings (SSSR count). The van der Waals surface area contributed by atoms with Gasteiger partial charge in [0, 0.05) is 52.4 Å². The van der Waals surface area contributed by atoms with Gasteiger partial charge in [0.2, 0.25) is 16.0 Å². The van der Waals surface area contributed by atoms with Gasteiger partial charge in [-0.1, -0.05) is 30.3 Å². The lowest BCUT2D eigenvalue weighted by Crippen LogP contribution is -2.32. The van der Waals surface area contributed by atoms with Gasteiger partial charge in [0.05, 0.1) is 17.5 Å². The number of carbonyl (C=O) groups is 1. The minimum atomic E-state index is -3.28. The fourth-order valence-electron chi connectivity index (χ4n) is 3.63. The van der Waals surface area contributed by atoms with Crippen LogP contribution in [0.5, 0.6) is 0 Å². The van der Waals surface area contributed by atoms with E-state index in [0.717, 1.165) is 5.56 Å². The highest BCUT2D eigenvalue weighted by molar-refractivity contribution is 7.88. The van der Waals surface area contributed by atoms with E-state index in [1.807, 2.05) is 51.4 Å². The molecule has 8 nitrogen and oxygen atoms in total. The molecule has 1 unspecified atom stereocenters. The van der Waals surface area contributed by atoms with Crippen molar-refractivity contribution in [2.75, 3.05) is 44.9 Å². The van der Waals surface area contributed by atoms with E-state index in [0.29, 0.717) is 49.8 Å². The Morgan fingerprint density at radius 2 is 1.93 bits per heavy atom. The third-order valence-electron chi connectivity index (χ3n) is 5.33. The van der Waals surface area contributed by atoms with Gasteiger partial charge in [-0.15, -0.1) is 0 Å². The summed E-state index contributed by atoms with van der Waals surface area (Å²) in [6.45, 7) is 3.73. The second-order valence-corrected chi connectivity index (χ2v) is 9.76. The number of aromatic nitrogens is 2. The van der Waals surface area contributed by atoms with Crippen molar-refractivity contribution in [3.8, 4) is 0 Å². The first-order valence-electron chi connectivity index (χ1n) is 10.0. The maximum absolute atomic E-state index is 13.4. The molecule has 2 heterocycles. The first-order valence-corrected chi connectivity index (χ1v) is 11.9. The van der Waals surface area contributed by atoms with Gasteiger partial charge in [-0.3, -0.25) is 4.79 Å². The average Bonchev–Trinajstić information content (AvgIpc) is 3.22. The molecule has 1 amide bonds. The van der Waals surface area contributed by atoms with E-state index in [1.165, 1.54) is 10.6 Å². The van der Waals surface area contributed by atoms with E-state index in [2.05, 4.69) is 9.97 Å². The smallest absolute Gasteiger partial charge is 0.257 e. The van der Waals surface area contributed by atoms with Gasteiger partial charge in [-0.25, -0.2) is 22.7 Å². The van der Waals surface area contributed by atoms with Gasteiger partial charge in [-0.2, -0.15) is 0 Å². The topological polar surface area (TPSA) is 86.7 Å². The molecule has 0 spiro atoms. The third-order valence-corrected chi connectivity index (χ3v) is 6.60. The molecular formula is C21H29N5O3S.